The van der Waals surface area contributed by atoms with Crippen LogP contribution in [0.25, 0.3) is 0 Å². The van der Waals surface area contributed by atoms with E-state index < -0.39 is 5.97 Å². The number of methoxy groups -OCH3 is 1. The second-order valence-electron chi connectivity index (χ2n) is 3.53. The highest BCUT2D eigenvalue weighted by atomic mass is 35.5. The van der Waals surface area contributed by atoms with Crippen LogP contribution < -0.4 is 4.90 Å². The number of hydrogen-bond donors (Lipinski definition) is 1. The monoisotopic (exact) mass is 270 g/mol. The maximum atomic E-state index is 11.0. The van der Waals surface area contributed by atoms with Gasteiger partial charge in [0, 0.05) is 26.4 Å². The third-order valence-electron chi connectivity index (χ3n) is 2.32. The number of anilines is 1. The van der Waals surface area contributed by atoms with Crippen LogP contribution in [0.1, 0.15) is 10.4 Å². The summed E-state index contributed by atoms with van der Waals surface area (Å²) in [6.07, 6.45) is 3.12. The van der Waals surface area contributed by atoms with Gasteiger partial charge >= 0.3 is 5.97 Å². The molecule has 0 aliphatic heterocycles. The van der Waals surface area contributed by atoms with E-state index in [4.69, 9.17) is 21.4 Å². The molecular formula is C12H15ClN2O3. The number of halogens is 1. The van der Waals surface area contributed by atoms with Crippen molar-refractivity contribution in [1.29, 1.82) is 0 Å². The molecule has 0 aliphatic rings. The second kappa shape index (κ2) is 6.98. The Morgan fingerprint density at radius 3 is 3.00 bits per heavy atom. The smallest absolute Gasteiger partial charge is 0.337 e. The van der Waals surface area contributed by atoms with Crippen molar-refractivity contribution in [2.24, 2.45) is 0 Å². The summed E-state index contributed by atoms with van der Waals surface area (Å²) in [6, 6.07) is 1.37. The molecule has 0 bridgehead atoms. The Labute approximate surface area is 111 Å². The van der Waals surface area contributed by atoms with Crippen molar-refractivity contribution in [3.8, 4) is 0 Å². The van der Waals surface area contributed by atoms with Crippen molar-refractivity contribution in [2.75, 3.05) is 31.7 Å². The van der Waals surface area contributed by atoms with E-state index in [9.17, 15) is 4.79 Å². The number of hydrogen-bond acceptors (Lipinski definition) is 4. The molecule has 0 saturated heterocycles. The van der Waals surface area contributed by atoms with Gasteiger partial charge in [0.25, 0.3) is 0 Å². The molecule has 0 spiro atoms. The zero-order chi connectivity index (χ0) is 13.5. The van der Waals surface area contributed by atoms with Gasteiger partial charge in [-0.1, -0.05) is 17.7 Å². The highest BCUT2D eigenvalue weighted by Gasteiger charge is 2.17. The van der Waals surface area contributed by atoms with Crippen LogP contribution in [0.2, 0.25) is 5.02 Å². The van der Waals surface area contributed by atoms with Gasteiger partial charge in [0.1, 0.15) is 5.82 Å². The summed E-state index contributed by atoms with van der Waals surface area (Å²) in [5, 5.41) is 9.13. The molecule has 0 aliphatic carbocycles. The summed E-state index contributed by atoms with van der Waals surface area (Å²) in [5.41, 5.74) is 0.0353. The molecule has 0 aromatic carbocycles. The molecule has 1 heterocycles. The number of carboxylic acid groups (broad SMARTS) is 1. The molecule has 0 unspecified atom stereocenters. The largest absolute Gasteiger partial charge is 0.478 e. The van der Waals surface area contributed by atoms with Crippen molar-refractivity contribution in [2.45, 2.75) is 0 Å². The van der Waals surface area contributed by atoms with Gasteiger partial charge in [-0.2, -0.15) is 0 Å². The SMILES string of the molecule is C=CCN(CCOC)c1nccc(C(=O)O)c1Cl. The number of aromatic nitrogens is 1. The Balaban J connectivity index is 3.07. The Morgan fingerprint density at radius 2 is 2.44 bits per heavy atom. The van der Waals surface area contributed by atoms with Gasteiger partial charge in [0.15, 0.2) is 0 Å². The first kappa shape index (κ1) is 14.5. The van der Waals surface area contributed by atoms with Crippen LogP contribution in [0, 0.1) is 0 Å². The van der Waals surface area contributed by atoms with Gasteiger partial charge in [0.05, 0.1) is 17.2 Å². The average Bonchev–Trinajstić information content (AvgIpc) is 2.34. The van der Waals surface area contributed by atoms with Gasteiger partial charge in [-0.15, -0.1) is 6.58 Å². The molecule has 1 aromatic heterocycles. The van der Waals surface area contributed by atoms with E-state index in [1.54, 1.807) is 13.2 Å². The Hall–Kier alpha value is -1.59. The highest BCUT2D eigenvalue weighted by molar-refractivity contribution is 6.35. The number of rotatable bonds is 7. The van der Waals surface area contributed by atoms with Crippen molar-refractivity contribution in [1.82, 2.24) is 4.98 Å². The van der Waals surface area contributed by atoms with Crippen molar-refractivity contribution >= 4 is 23.4 Å². The molecule has 0 amide bonds. The fourth-order valence-corrected chi connectivity index (χ4v) is 1.77. The summed E-state index contributed by atoms with van der Waals surface area (Å²) >= 11 is 6.05. The molecule has 0 fully saturated rings. The van der Waals surface area contributed by atoms with E-state index in [0.717, 1.165) is 0 Å². The number of aromatic carboxylic acids is 1. The highest BCUT2D eigenvalue weighted by Crippen LogP contribution is 2.26. The van der Waals surface area contributed by atoms with E-state index in [1.807, 2.05) is 4.90 Å². The van der Waals surface area contributed by atoms with Crippen LogP contribution >= 0.6 is 11.6 Å². The van der Waals surface area contributed by atoms with E-state index >= 15 is 0 Å². The standard InChI is InChI=1S/C12H15ClN2O3/c1-3-6-15(7-8-18-2)11-10(13)9(12(16)17)4-5-14-11/h3-5H,1,6-8H2,2H3,(H,16,17). The average molecular weight is 271 g/mol. The summed E-state index contributed by atoms with van der Waals surface area (Å²) in [5.74, 6) is -0.650. The molecule has 0 radical (unpaired) electrons. The lowest BCUT2D eigenvalue weighted by Crippen LogP contribution is -2.28. The summed E-state index contributed by atoms with van der Waals surface area (Å²) in [6.45, 7) is 5.21. The minimum atomic E-state index is -1.08. The Kier molecular flexibility index (Phi) is 5.61. The van der Waals surface area contributed by atoms with Crippen LogP contribution in [0.15, 0.2) is 24.9 Å². The van der Waals surface area contributed by atoms with Gasteiger partial charge in [-0.05, 0) is 6.07 Å². The quantitative estimate of drug-likeness (QED) is 0.769. The van der Waals surface area contributed by atoms with E-state index in [0.29, 0.717) is 25.5 Å². The van der Waals surface area contributed by atoms with Crippen LogP contribution in [0.3, 0.4) is 0 Å². The lowest BCUT2D eigenvalue weighted by molar-refractivity contribution is 0.0697. The second-order valence-corrected chi connectivity index (χ2v) is 3.91. The summed E-state index contributed by atoms with van der Waals surface area (Å²) in [7, 11) is 1.59. The van der Waals surface area contributed by atoms with Crippen molar-refractivity contribution in [3.05, 3.63) is 35.5 Å². The molecule has 1 N–H and O–H groups in total. The minimum Gasteiger partial charge on any atom is -0.478 e. The number of carbonyl (C=O) groups is 1. The number of carboxylic acids is 1. The molecule has 0 saturated carbocycles. The van der Waals surface area contributed by atoms with Crippen LogP contribution in [0.5, 0.6) is 0 Å². The fraction of sp³-hybridized carbons (Fsp3) is 0.333. The molecule has 1 rings (SSSR count). The minimum absolute atomic E-state index is 0.0353. The summed E-state index contributed by atoms with van der Waals surface area (Å²) in [4.78, 5) is 16.9. The Bertz CT molecular complexity index is 437. The molecule has 6 heteroatoms. The van der Waals surface area contributed by atoms with E-state index in [2.05, 4.69) is 11.6 Å². The normalized spacial score (nSPS) is 10.1. The zero-order valence-corrected chi connectivity index (χ0v) is 10.9. The molecule has 98 valence electrons. The topological polar surface area (TPSA) is 62.7 Å². The maximum absolute atomic E-state index is 11.0. The van der Waals surface area contributed by atoms with Gasteiger partial charge in [0.2, 0.25) is 0 Å². The molecular weight excluding hydrogens is 256 g/mol. The van der Waals surface area contributed by atoms with Crippen LogP contribution in [0.4, 0.5) is 5.82 Å². The third kappa shape index (κ3) is 3.45. The number of nitrogens with zero attached hydrogens (tertiary/aromatic N) is 2. The fourth-order valence-electron chi connectivity index (χ4n) is 1.46. The lowest BCUT2D eigenvalue weighted by Gasteiger charge is -2.23. The molecule has 18 heavy (non-hydrogen) atoms. The summed E-state index contributed by atoms with van der Waals surface area (Å²) < 4.78 is 4.99. The first-order valence-electron chi connectivity index (χ1n) is 5.34. The Morgan fingerprint density at radius 1 is 1.72 bits per heavy atom. The van der Waals surface area contributed by atoms with E-state index in [-0.39, 0.29) is 10.6 Å². The van der Waals surface area contributed by atoms with Crippen molar-refractivity contribution < 1.29 is 14.6 Å². The zero-order valence-electron chi connectivity index (χ0n) is 10.1. The third-order valence-corrected chi connectivity index (χ3v) is 2.69. The van der Waals surface area contributed by atoms with Gasteiger partial charge in [-0.3, -0.25) is 0 Å². The number of pyridine rings is 1. The molecule has 0 atom stereocenters. The number of ether oxygens (including phenoxy) is 1. The molecule has 1 aromatic rings. The predicted molar refractivity (Wildman–Crippen MR) is 70.5 cm³/mol. The first-order chi connectivity index (χ1) is 8.61. The van der Waals surface area contributed by atoms with Crippen LogP contribution in [-0.2, 0) is 4.74 Å². The predicted octanol–water partition coefficient (Wildman–Crippen LogP) is 2.07. The lowest BCUT2D eigenvalue weighted by atomic mass is 10.2. The van der Waals surface area contributed by atoms with Crippen molar-refractivity contribution in [3.63, 3.8) is 0 Å². The maximum Gasteiger partial charge on any atom is 0.337 e. The van der Waals surface area contributed by atoms with E-state index in [1.165, 1.54) is 12.3 Å². The van der Waals surface area contributed by atoms with Crippen LogP contribution in [-0.4, -0.2) is 42.9 Å². The van der Waals surface area contributed by atoms with Gasteiger partial charge in [-0.25, -0.2) is 9.78 Å². The van der Waals surface area contributed by atoms with Gasteiger partial charge < -0.3 is 14.7 Å². The first-order valence-corrected chi connectivity index (χ1v) is 5.72. The molecule has 5 nitrogen and oxygen atoms in total.